The van der Waals surface area contributed by atoms with Crippen molar-refractivity contribution in [2.75, 3.05) is 30.4 Å². The number of fused-ring (bicyclic) bond motifs is 1. The Kier molecular flexibility index (Phi) is 2.62. The van der Waals surface area contributed by atoms with Crippen LogP contribution in [0.4, 0.5) is 11.4 Å². The molecular formula is C10H13IN2. The molecule has 2 rings (SSSR count). The number of hydrogen-bond acceptors (Lipinski definition) is 2. The molecule has 1 aliphatic rings. The summed E-state index contributed by atoms with van der Waals surface area (Å²) >= 11 is 2.35. The number of nitrogens with one attached hydrogen (secondary N) is 1. The summed E-state index contributed by atoms with van der Waals surface area (Å²) in [5.41, 5.74) is 2.59. The lowest BCUT2D eigenvalue weighted by molar-refractivity contribution is 0.837. The molecule has 2 nitrogen and oxygen atoms in total. The van der Waals surface area contributed by atoms with E-state index >= 15 is 0 Å². The van der Waals surface area contributed by atoms with Crippen molar-refractivity contribution in [2.24, 2.45) is 0 Å². The fourth-order valence-electron chi connectivity index (χ4n) is 1.64. The summed E-state index contributed by atoms with van der Waals surface area (Å²) in [4.78, 5) is 2.31. The zero-order chi connectivity index (χ0) is 9.26. The number of hydrogen-bond donors (Lipinski definition) is 1. The van der Waals surface area contributed by atoms with Crippen molar-refractivity contribution in [3.05, 3.63) is 21.8 Å². The molecule has 0 aromatic heterocycles. The van der Waals surface area contributed by atoms with E-state index in [0.29, 0.717) is 0 Å². The largest absolute Gasteiger partial charge is 0.383 e. The predicted octanol–water partition coefficient (Wildman–Crippen LogP) is 2.54. The number of rotatable bonds is 0. The monoisotopic (exact) mass is 288 g/mol. The molecular weight excluding hydrogens is 275 g/mol. The van der Waals surface area contributed by atoms with Crippen LogP contribution in [0.2, 0.25) is 0 Å². The zero-order valence-corrected chi connectivity index (χ0v) is 9.84. The molecule has 0 spiro atoms. The summed E-state index contributed by atoms with van der Waals surface area (Å²) in [6.45, 7) is 2.22. The lowest BCUT2D eigenvalue weighted by Crippen LogP contribution is -2.17. The fourth-order valence-corrected chi connectivity index (χ4v) is 2.13. The Hall–Kier alpha value is -0.450. The molecule has 0 fully saturated rings. The minimum atomic E-state index is 1.08. The van der Waals surface area contributed by atoms with Crippen LogP contribution in [0, 0.1) is 3.57 Å². The molecule has 0 saturated carbocycles. The van der Waals surface area contributed by atoms with Gasteiger partial charge in [-0.2, -0.15) is 0 Å². The first-order valence-corrected chi connectivity index (χ1v) is 5.60. The summed E-state index contributed by atoms with van der Waals surface area (Å²) < 4.78 is 1.29. The second-order valence-electron chi connectivity index (χ2n) is 3.36. The summed E-state index contributed by atoms with van der Waals surface area (Å²) in [7, 11) is 2.15. The lowest BCUT2D eigenvalue weighted by Gasteiger charge is -2.18. The first-order valence-electron chi connectivity index (χ1n) is 4.52. The molecule has 0 saturated heterocycles. The maximum Gasteiger partial charge on any atom is 0.0600 e. The van der Waals surface area contributed by atoms with Gasteiger partial charge in [0, 0.05) is 23.7 Å². The van der Waals surface area contributed by atoms with Gasteiger partial charge in [-0.05, 0) is 47.2 Å². The third-order valence-electron chi connectivity index (χ3n) is 2.36. The van der Waals surface area contributed by atoms with E-state index < -0.39 is 0 Å². The first-order chi connectivity index (χ1) is 6.27. The van der Waals surface area contributed by atoms with Gasteiger partial charge in [0.2, 0.25) is 0 Å². The SMILES string of the molecule is CN1CCCNc2cc(I)ccc21. The molecule has 13 heavy (non-hydrogen) atoms. The smallest absolute Gasteiger partial charge is 0.0600 e. The highest BCUT2D eigenvalue weighted by Crippen LogP contribution is 2.28. The quantitative estimate of drug-likeness (QED) is 0.738. The van der Waals surface area contributed by atoms with Crippen LogP contribution in [0.5, 0.6) is 0 Å². The number of nitrogens with zero attached hydrogens (tertiary/aromatic N) is 1. The van der Waals surface area contributed by atoms with Gasteiger partial charge in [0.05, 0.1) is 11.4 Å². The third kappa shape index (κ3) is 1.90. The highest BCUT2D eigenvalue weighted by atomic mass is 127. The lowest BCUT2D eigenvalue weighted by atomic mass is 10.2. The standard InChI is InChI=1S/C10H13IN2/c1-13-6-2-5-12-9-7-8(11)3-4-10(9)13/h3-4,7,12H,2,5-6H2,1H3. The van der Waals surface area contributed by atoms with Gasteiger partial charge in [-0.25, -0.2) is 0 Å². The maximum absolute atomic E-state index is 3.45. The fraction of sp³-hybridized carbons (Fsp3) is 0.400. The average molecular weight is 288 g/mol. The van der Waals surface area contributed by atoms with Gasteiger partial charge in [-0.3, -0.25) is 0 Å². The molecule has 0 bridgehead atoms. The highest BCUT2D eigenvalue weighted by Gasteiger charge is 2.10. The second kappa shape index (κ2) is 3.74. The Balaban J connectivity index is 2.42. The maximum atomic E-state index is 3.45. The summed E-state index contributed by atoms with van der Waals surface area (Å²) in [6.07, 6.45) is 1.21. The van der Waals surface area contributed by atoms with Gasteiger partial charge in [0.15, 0.2) is 0 Å². The van der Waals surface area contributed by atoms with E-state index in [1.54, 1.807) is 0 Å². The number of anilines is 2. The number of halogens is 1. The molecule has 0 atom stereocenters. The van der Waals surface area contributed by atoms with Crippen molar-refractivity contribution in [1.29, 1.82) is 0 Å². The van der Waals surface area contributed by atoms with Crippen LogP contribution in [0.1, 0.15) is 6.42 Å². The molecule has 0 aliphatic carbocycles. The van der Waals surface area contributed by atoms with Crippen LogP contribution in [0.15, 0.2) is 18.2 Å². The van der Waals surface area contributed by atoms with E-state index in [0.717, 1.165) is 13.1 Å². The van der Waals surface area contributed by atoms with E-state index in [1.165, 1.54) is 21.4 Å². The van der Waals surface area contributed by atoms with Gasteiger partial charge in [0.25, 0.3) is 0 Å². The molecule has 1 aromatic carbocycles. The van der Waals surface area contributed by atoms with E-state index in [-0.39, 0.29) is 0 Å². The highest BCUT2D eigenvalue weighted by molar-refractivity contribution is 14.1. The Morgan fingerprint density at radius 3 is 3.15 bits per heavy atom. The van der Waals surface area contributed by atoms with Gasteiger partial charge in [-0.15, -0.1) is 0 Å². The first kappa shape index (κ1) is 9.12. The van der Waals surface area contributed by atoms with Gasteiger partial charge in [0.1, 0.15) is 0 Å². The van der Waals surface area contributed by atoms with Crippen molar-refractivity contribution in [2.45, 2.75) is 6.42 Å². The van der Waals surface area contributed by atoms with Crippen LogP contribution in [0.3, 0.4) is 0 Å². The van der Waals surface area contributed by atoms with Gasteiger partial charge in [-0.1, -0.05) is 0 Å². The molecule has 1 aliphatic heterocycles. The van der Waals surface area contributed by atoms with E-state index in [4.69, 9.17) is 0 Å². The molecule has 0 unspecified atom stereocenters. The van der Waals surface area contributed by atoms with E-state index in [2.05, 4.69) is 58.1 Å². The van der Waals surface area contributed by atoms with E-state index in [9.17, 15) is 0 Å². The normalized spacial score (nSPS) is 16.0. The molecule has 1 aromatic rings. The second-order valence-corrected chi connectivity index (χ2v) is 4.61. The van der Waals surface area contributed by atoms with Gasteiger partial charge >= 0.3 is 0 Å². The van der Waals surface area contributed by atoms with Crippen LogP contribution >= 0.6 is 22.6 Å². The molecule has 0 amide bonds. The van der Waals surface area contributed by atoms with Crippen LogP contribution < -0.4 is 10.2 Å². The summed E-state index contributed by atoms with van der Waals surface area (Å²) in [6, 6.07) is 6.55. The third-order valence-corrected chi connectivity index (χ3v) is 3.03. The van der Waals surface area contributed by atoms with Crippen LogP contribution in [-0.2, 0) is 0 Å². The molecule has 3 heteroatoms. The molecule has 1 N–H and O–H groups in total. The van der Waals surface area contributed by atoms with Crippen molar-refractivity contribution in [3.8, 4) is 0 Å². The van der Waals surface area contributed by atoms with Crippen molar-refractivity contribution >= 4 is 34.0 Å². The van der Waals surface area contributed by atoms with Gasteiger partial charge < -0.3 is 10.2 Å². The topological polar surface area (TPSA) is 15.3 Å². The molecule has 70 valence electrons. The average Bonchev–Trinajstić information content (AvgIpc) is 2.28. The minimum absolute atomic E-state index is 1.08. The Morgan fingerprint density at radius 2 is 2.31 bits per heavy atom. The number of benzene rings is 1. The summed E-state index contributed by atoms with van der Waals surface area (Å²) in [5, 5.41) is 3.45. The van der Waals surface area contributed by atoms with Crippen molar-refractivity contribution in [1.82, 2.24) is 0 Å². The van der Waals surface area contributed by atoms with E-state index in [1.807, 2.05) is 0 Å². The summed E-state index contributed by atoms with van der Waals surface area (Å²) in [5.74, 6) is 0. The van der Waals surface area contributed by atoms with Crippen molar-refractivity contribution < 1.29 is 0 Å². The molecule has 1 heterocycles. The molecule has 0 radical (unpaired) electrons. The Labute approximate surface area is 92.5 Å². The minimum Gasteiger partial charge on any atom is -0.383 e. The van der Waals surface area contributed by atoms with Crippen molar-refractivity contribution in [3.63, 3.8) is 0 Å². The van der Waals surface area contributed by atoms with Crippen LogP contribution in [0.25, 0.3) is 0 Å². The zero-order valence-electron chi connectivity index (χ0n) is 7.68. The Morgan fingerprint density at radius 1 is 1.46 bits per heavy atom. The Bertz CT molecular complexity index is 312. The predicted molar refractivity (Wildman–Crippen MR) is 65.5 cm³/mol. The van der Waals surface area contributed by atoms with Crippen LogP contribution in [-0.4, -0.2) is 20.1 Å².